The maximum absolute atomic E-state index is 11.6. The second-order valence-electron chi connectivity index (χ2n) is 3.48. The number of alkyl carbamates (subject to hydrolysis) is 1. The number of ether oxygens (including phenoxy) is 2. The van der Waals surface area contributed by atoms with E-state index >= 15 is 0 Å². The fraction of sp³-hybridized carbons (Fsp3) is 0.818. The molecule has 1 N–H and O–H groups in total. The molecule has 0 spiro atoms. The van der Waals surface area contributed by atoms with Gasteiger partial charge < -0.3 is 14.8 Å². The zero-order valence-corrected chi connectivity index (χ0v) is 10.4. The van der Waals surface area contributed by atoms with E-state index in [1.165, 1.54) is 0 Å². The summed E-state index contributed by atoms with van der Waals surface area (Å²) in [5.74, 6) is -0.395. The van der Waals surface area contributed by atoms with E-state index in [1.54, 1.807) is 13.8 Å². The highest BCUT2D eigenvalue weighted by Gasteiger charge is 2.27. The van der Waals surface area contributed by atoms with Crippen molar-refractivity contribution in [1.29, 1.82) is 0 Å². The summed E-state index contributed by atoms with van der Waals surface area (Å²) in [6.07, 6.45) is 0.191. The molecule has 0 aromatic carbocycles. The summed E-state index contributed by atoms with van der Waals surface area (Å²) in [7, 11) is 0. The summed E-state index contributed by atoms with van der Waals surface area (Å²) in [6, 6.07) is -0.635. The monoisotopic (exact) mass is 231 g/mol. The molecular weight excluding hydrogens is 210 g/mol. The fourth-order valence-corrected chi connectivity index (χ4v) is 1.20. The van der Waals surface area contributed by atoms with Crippen LogP contribution in [0.25, 0.3) is 0 Å². The molecule has 0 aliphatic carbocycles. The van der Waals surface area contributed by atoms with Crippen molar-refractivity contribution in [3.05, 3.63) is 0 Å². The molecule has 0 aromatic heterocycles. The van der Waals surface area contributed by atoms with Gasteiger partial charge in [-0.05, 0) is 19.8 Å². The maximum atomic E-state index is 11.6. The van der Waals surface area contributed by atoms with Crippen molar-refractivity contribution in [1.82, 2.24) is 5.32 Å². The Bertz CT molecular complexity index is 230. The highest BCUT2D eigenvalue weighted by Crippen LogP contribution is 2.09. The van der Waals surface area contributed by atoms with Gasteiger partial charge in [-0.25, -0.2) is 9.59 Å². The van der Waals surface area contributed by atoms with Gasteiger partial charge >= 0.3 is 12.1 Å². The van der Waals surface area contributed by atoms with Gasteiger partial charge in [0.15, 0.2) is 0 Å². The predicted octanol–water partition coefficient (Wildman–Crippen LogP) is 1.71. The lowest BCUT2D eigenvalue weighted by Gasteiger charge is -2.21. The van der Waals surface area contributed by atoms with Crippen molar-refractivity contribution in [2.75, 3.05) is 13.2 Å². The summed E-state index contributed by atoms with van der Waals surface area (Å²) >= 11 is 0. The van der Waals surface area contributed by atoms with Crippen LogP contribution in [-0.2, 0) is 14.3 Å². The van der Waals surface area contributed by atoms with E-state index in [4.69, 9.17) is 9.47 Å². The lowest BCUT2D eigenvalue weighted by atomic mass is 9.99. The van der Waals surface area contributed by atoms with Crippen molar-refractivity contribution >= 4 is 12.1 Å². The summed E-state index contributed by atoms with van der Waals surface area (Å²) in [5.41, 5.74) is 0. The van der Waals surface area contributed by atoms with E-state index in [9.17, 15) is 9.59 Å². The Hall–Kier alpha value is -1.26. The van der Waals surface area contributed by atoms with Crippen LogP contribution in [0.5, 0.6) is 0 Å². The van der Waals surface area contributed by atoms with E-state index in [0.717, 1.165) is 6.42 Å². The van der Waals surface area contributed by atoms with Gasteiger partial charge in [-0.3, -0.25) is 0 Å². The highest BCUT2D eigenvalue weighted by atomic mass is 16.6. The molecule has 0 saturated carbocycles. The molecule has 0 aliphatic rings. The van der Waals surface area contributed by atoms with Gasteiger partial charge in [-0.2, -0.15) is 0 Å². The van der Waals surface area contributed by atoms with Crippen molar-refractivity contribution in [3.8, 4) is 0 Å². The van der Waals surface area contributed by atoms with E-state index in [2.05, 4.69) is 5.32 Å². The van der Waals surface area contributed by atoms with Crippen LogP contribution in [0.15, 0.2) is 0 Å². The third-order valence-corrected chi connectivity index (χ3v) is 2.30. The average Bonchev–Trinajstić information content (AvgIpc) is 2.25. The molecule has 0 heterocycles. The van der Waals surface area contributed by atoms with Crippen LogP contribution in [0.1, 0.15) is 34.1 Å². The summed E-state index contributed by atoms with van der Waals surface area (Å²) in [4.78, 5) is 22.8. The molecule has 0 fully saturated rings. The first-order chi connectivity index (χ1) is 7.56. The topological polar surface area (TPSA) is 64.6 Å². The Labute approximate surface area is 96.5 Å². The zero-order valence-electron chi connectivity index (χ0n) is 10.4. The van der Waals surface area contributed by atoms with Crippen molar-refractivity contribution < 1.29 is 19.1 Å². The van der Waals surface area contributed by atoms with Gasteiger partial charge in [-0.1, -0.05) is 20.3 Å². The van der Waals surface area contributed by atoms with Crippen LogP contribution >= 0.6 is 0 Å². The zero-order chi connectivity index (χ0) is 12.6. The Kier molecular flexibility index (Phi) is 7.33. The van der Waals surface area contributed by atoms with Crippen LogP contribution in [0, 0.1) is 5.92 Å². The highest BCUT2D eigenvalue weighted by molar-refractivity contribution is 5.81. The first kappa shape index (κ1) is 14.7. The van der Waals surface area contributed by atoms with Gasteiger partial charge in [0.1, 0.15) is 6.04 Å². The third-order valence-electron chi connectivity index (χ3n) is 2.30. The van der Waals surface area contributed by atoms with Crippen LogP contribution in [0.2, 0.25) is 0 Å². The lowest BCUT2D eigenvalue weighted by molar-refractivity contribution is -0.146. The molecule has 2 atom stereocenters. The quantitative estimate of drug-likeness (QED) is 0.707. The number of amides is 1. The molecule has 94 valence electrons. The summed E-state index contributed by atoms with van der Waals surface area (Å²) in [5, 5.41) is 2.52. The Morgan fingerprint density at radius 2 is 1.69 bits per heavy atom. The van der Waals surface area contributed by atoms with Crippen LogP contribution in [-0.4, -0.2) is 31.3 Å². The molecule has 16 heavy (non-hydrogen) atoms. The van der Waals surface area contributed by atoms with Gasteiger partial charge in [-0.15, -0.1) is 0 Å². The largest absolute Gasteiger partial charge is 0.464 e. The molecule has 5 heteroatoms. The van der Waals surface area contributed by atoms with Crippen LogP contribution in [0.3, 0.4) is 0 Å². The second-order valence-corrected chi connectivity index (χ2v) is 3.48. The van der Waals surface area contributed by atoms with Gasteiger partial charge in [0, 0.05) is 0 Å². The summed E-state index contributed by atoms with van der Waals surface area (Å²) < 4.78 is 9.63. The van der Waals surface area contributed by atoms with Crippen molar-refractivity contribution in [2.24, 2.45) is 5.92 Å². The van der Waals surface area contributed by atoms with Gasteiger partial charge in [0.2, 0.25) is 0 Å². The Morgan fingerprint density at radius 3 is 2.12 bits per heavy atom. The minimum Gasteiger partial charge on any atom is -0.464 e. The van der Waals surface area contributed by atoms with Gasteiger partial charge in [0.25, 0.3) is 0 Å². The smallest absolute Gasteiger partial charge is 0.407 e. The van der Waals surface area contributed by atoms with E-state index in [0.29, 0.717) is 6.61 Å². The molecule has 1 amide bonds. The number of hydrogen-bond acceptors (Lipinski definition) is 4. The molecule has 0 saturated heterocycles. The number of hydrogen-bond donors (Lipinski definition) is 1. The van der Waals surface area contributed by atoms with E-state index < -0.39 is 18.1 Å². The molecule has 0 aliphatic heterocycles. The lowest BCUT2D eigenvalue weighted by Crippen LogP contribution is -2.46. The number of carbonyl (C=O) groups is 2. The molecule has 0 radical (unpaired) electrons. The molecule has 0 rings (SSSR count). The maximum Gasteiger partial charge on any atom is 0.407 e. The molecular formula is C11H21NO4. The van der Waals surface area contributed by atoms with E-state index in [1.807, 2.05) is 13.8 Å². The van der Waals surface area contributed by atoms with Crippen molar-refractivity contribution in [2.45, 2.75) is 40.2 Å². The first-order valence-electron chi connectivity index (χ1n) is 5.66. The van der Waals surface area contributed by atoms with Crippen LogP contribution in [0.4, 0.5) is 4.79 Å². The number of carbonyl (C=O) groups excluding carboxylic acids is 2. The predicted molar refractivity (Wildman–Crippen MR) is 60.0 cm³/mol. The van der Waals surface area contributed by atoms with Gasteiger partial charge in [0.05, 0.1) is 13.2 Å². The Morgan fingerprint density at radius 1 is 1.12 bits per heavy atom. The number of rotatable bonds is 6. The second kappa shape index (κ2) is 7.96. The minimum atomic E-state index is -0.635. The number of nitrogens with one attached hydrogen (secondary N) is 1. The van der Waals surface area contributed by atoms with Crippen molar-refractivity contribution in [3.63, 3.8) is 0 Å². The average molecular weight is 231 g/mol. The molecule has 1 unspecified atom stereocenters. The Balaban J connectivity index is 4.42. The fourth-order valence-electron chi connectivity index (χ4n) is 1.20. The first-order valence-corrected chi connectivity index (χ1v) is 5.66. The number of esters is 1. The SMILES string of the molecule is CCOC(=O)N[C@H](C(=O)OCC)C(C)CC. The molecule has 0 aromatic rings. The van der Waals surface area contributed by atoms with E-state index in [-0.39, 0.29) is 12.5 Å². The van der Waals surface area contributed by atoms with Crippen LogP contribution < -0.4 is 5.32 Å². The molecule has 0 bridgehead atoms. The third kappa shape index (κ3) is 5.00. The minimum absolute atomic E-state index is 0.0171. The standard InChI is InChI=1S/C11H21NO4/c1-5-8(4)9(10(13)15-6-2)12-11(14)16-7-3/h8-9H,5-7H2,1-4H3,(H,12,14)/t8?,9-/m0/s1. The normalized spacial score (nSPS) is 13.8. The molecule has 5 nitrogen and oxygen atoms in total. The summed E-state index contributed by atoms with van der Waals surface area (Å²) in [6.45, 7) is 7.85.